The van der Waals surface area contributed by atoms with E-state index in [2.05, 4.69) is 35.9 Å². The normalized spacial score (nSPS) is 11.0. The van der Waals surface area contributed by atoms with E-state index in [4.69, 9.17) is 4.74 Å². The van der Waals surface area contributed by atoms with Gasteiger partial charge in [0.1, 0.15) is 5.75 Å². The van der Waals surface area contributed by atoms with Crippen LogP contribution in [0.2, 0.25) is 0 Å². The quantitative estimate of drug-likeness (QED) is 0.540. The first-order chi connectivity index (χ1) is 13.8. The van der Waals surface area contributed by atoms with Crippen LogP contribution in [0.15, 0.2) is 70.3 Å². The third kappa shape index (κ3) is 5.75. The number of sulfonamides is 1. The maximum Gasteiger partial charge on any atom is 0.264 e. The van der Waals surface area contributed by atoms with Crippen LogP contribution in [0.3, 0.4) is 0 Å². The lowest BCUT2D eigenvalue weighted by Crippen LogP contribution is -2.20. The first-order valence-electron chi connectivity index (χ1n) is 8.42. The number of aryl methyl sites for hydroxylation is 1. The number of nitrogens with zero attached hydrogens (tertiary/aromatic N) is 2. The summed E-state index contributed by atoms with van der Waals surface area (Å²) in [5.74, 6) is 0.193. The molecule has 0 atom stereocenters. The molecule has 0 aliphatic rings. The number of carbonyl (C=O) groups excluding carboxylic acids is 1. The molecule has 0 saturated carbocycles. The second-order valence-corrected chi connectivity index (χ2v) is 8.49. The predicted molar refractivity (Wildman–Crippen MR) is 112 cm³/mol. The molecular formula is C19H17BrN4O4S. The van der Waals surface area contributed by atoms with Crippen LogP contribution in [0, 0.1) is 6.92 Å². The standard InChI is InChI=1S/C19H17BrN4O4S/c1-13-11-15(5-8-17(13)20)28-12-18(25)23-14-3-6-16(7-4-14)29(26,27)24-19-21-9-2-10-22-19/h2-11H,12H2,1H3,(H,23,25)(H,21,22,24). The van der Waals surface area contributed by atoms with Crippen molar-refractivity contribution >= 4 is 43.5 Å². The molecule has 29 heavy (non-hydrogen) atoms. The third-order valence-corrected chi connectivity index (χ3v) is 5.97. The molecule has 10 heteroatoms. The molecule has 0 radical (unpaired) electrons. The van der Waals surface area contributed by atoms with Crippen LogP contribution in [-0.4, -0.2) is 30.9 Å². The molecule has 3 aromatic rings. The Morgan fingerprint density at radius 1 is 1.10 bits per heavy atom. The predicted octanol–water partition coefficient (Wildman–Crippen LogP) is 3.37. The first-order valence-corrected chi connectivity index (χ1v) is 10.7. The van der Waals surface area contributed by atoms with Crippen LogP contribution in [0.25, 0.3) is 0 Å². The fraction of sp³-hybridized carbons (Fsp3) is 0.105. The van der Waals surface area contributed by atoms with Crippen molar-refractivity contribution in [1.82, 2.24) is 9.97 Å². The van der Waals surface area contributed by atoms with Crippen molar-refractivity contribution in [2.45, 2.75) is 11.8 Å². The van der Waals surface area contributed by atoms with Crippen LogP contribution < -0.4 is 14.8 Å². The lowest BCUT2D eigenvalue weighted by Gasteiger charge is -2.10. The lowest BCUT2D eigenvalue weighted by molar-refractivity contribution is -0.118. The molecule has 0 unspecified atom stereocenters. The molecule has 150 valence electrons. The van der Waals surface area contributed by atoms with Crippen LogP contribution in [-0.2, 0) is 14.8 Å². The maximum atomic E-state index is 12.3. The number of hydrogen-bond acceptors (Lipinski definition) is 6. The Morgan fingerprint density at radius 2 is 1.79 bits per heavy atom. The number of aromatic nitrogens is 2. The zero-order chi connectivity index (χ0) is 20.9. The minimum Gasteiger partial charge on any atom is -0.484 e. The highest BCUT2D eigenvalue weighted by molar-refractivity contribution is 9.10. The number of carbonyl (C=O) groups is 1. The molecule has 1 heterocycles. The third-order valence-electron chi connectivity index (χ3n) is 3.74. The van der Waals surface area contributed by atoms with E-state index in [-0.39, 0.29) is 23.4 Å². The Morgan fingerprint density at radius 3 is 2.45 bits per heavy atom. The Balaban J connectivity index is 1.58. The molecule has 2 aromatic carbocycles. The summed E-state index contributed by atoms with van der Waals surface area (Å²) in [6.45, 7) is 1.75. The van der Waals surface area contributed by atoms with Gasteiger partial charge < -0.3 is 10.1 Å². The maximum absolute atomic E-state index is 12.3. The van der Waals surface area contributed by atoms with E-state index in [1.807, 2.05) is 19.1 Å². The molecule has 0 bridgehead atoms. The van der Waals surface area contributed by atoms with E-state index >= 15 is 0 Å². The highest BCUT2D eigenvalue weighted by atomic mass is 79.9. The van der Waals surface area contributed by atoms with Gasteiger partial charge in [0, 0.05) is 22.6 Å². The zero-order valence-corrected chi connectivity index (χ0v) is 17.7. The highest BCUT2D eigenvalue weighted by Gasteiger charge is 2.15. The molecule has 3 rings (SSSR count). The molecule has 0 spiro atoms. The van der Waals surface area contributed by atoms with E-state index in [0.717, 1.165) is 10.0 Å². The molecule has 1 amide bonds. The SMILES string of the molecule is Cc1cc(OCC(=O)Nc2ccc(S(=O)(=O)Nc3ncccn3)cc2)ccc1Br. The van der Waals surface area contributed by atoms with Gasteiger partial charge in [0.25, 0.3) is 15.9 Å². The molecule has 0 aliphatic heterocycles. The second kappa shape index (κ2) is 9.01. The molecule has 0 aliphatic carbocycles. The van der Waals surface area contributed by atoms with Gasteiger partial charge in [0.15, 0.2) is 6.61 Å². The Bertz CT molecular complexity index is 1110. The Hall–Kier alpha value is -2.98. The molecular weight excluding hydrogens is 460 g/mol. The minimum atomic E-state index is -3.83. The van der Waals surface area contributed by atoms with Crippen molar-refractivity contribution < 1.29 is 17.9 Å². The molecule has 0 saturated heterocycles. The van der Waals surface area contributed by atoms with E-state index in [1.54, 1.807) is 12.1 Å². The highest BCUT2D eigenvalue weighted by Crippen LogP contribution is 2.21. The average Bonchev–Trinajstić information content (AvgIpc) is 2.70. The Kier molecular flexibility index (Phi) is 6.45. The van der Waals surface area contributed by atoms with E-state index < -0.39 is 10.0 Å². The summed E-state index contributed by atoms with van der Waals surface area (Å²) in [6, 6.07) is 12.7. The number of anilines is 2. The fourth-order valence-electron chi connectivity index (χ4n) is 2.30. The van der Waals surface area contributed by atoms with Gasteiger partial charge in [0.2, 0.25) is 5.95 Å². The van der Waals surface area contributed by atoms with Crippen molar-refractivity contribution in [2.24, 2.45) is 0 Å². The number of hydrogen-bond donors (Lipinski definition) is 2. The van der Waals surface area contributed by atoms with Gasteiger partial charge in [-0.1, -0.05) is 15.9 Å². The summed E-state index contributed by atoms with van der Waals surface area (Å²) in [5, 5.41) is 2.65. The van der Waals surface area contributed by atoms with Crippen molar-refractivity contribution in [3.05, 3.63) is 71.0 Å². The molecule has 0 fully saturated rings. The number of ether oxygens (including phenoxy) is 1. The summed E-state index contributed by atoms with van der Waals surface area (Å²) in [5.41, 5.74) is 1.44. The van der Waals surface area contributed by atoms with Crippen molar-refractivity contribution in [3.8, 4) is 5.75 Å². The van der Waals surface area contributed by atoms with Crippen LogP contribution in [0.4, 0.5) is 11.6 Å². The van der Waals surface area contributed by atoms with Crippen LogP contribution in [0.1, 0.15) is 5.56 Å². The number of benzene rings is 2. The topological polar surface area (TPSA) is 110 Å². The first kappa shape index (κ1) is 20.7. The average molecular weight is 477 g/mol. The van der Waals surface area contributed by atoms with Crippen molar-refractivity contribution in [3.63, 3.8) is 0 Å². The summed E-state index contributed by atoms with van der Waals surface area (Å²) in [4.78, 5) is 19.7. The largest absolute Gasteiger partial charge is 0.484 e. The molecule has 2 N–H and O–H groups in total. The van der Waals surface area contributed by atoms with Gasteiger partial charge in [-0.05, 0) is 61.0 Å². The molecule has 1 aromatic heterocycles. The molecule has 8 nitrogen and oxygen atoms in total. The Labute approximate surface area is 176 Å². The van der Waals surface area contributed by atoms with E-state index in [0.29, 0.717) is 11.4 Å². The van der Waals surface area contributed by atoms with Crippen molar-refractivity contribution in [1.29, 1.82) is 0 Å². The summed E-state index contributed by atoms with van der Waals surface area (Å²) in [6.07, 6.45) is 2.86. The summed E-state index contributed by atoms with van der Waals surface area (Å²) in [7, 11) is -3.83. The number of nitrogens with one attached hydrogen (secondary N) is 2. The zero-order valence-electron chi connectivity index (χ0n) is 15.3. The fourth-order valence-corrected chi connectivity index (χ4v) is 3.51. The minimum absolute atomic E-state index is 0.0181. The van der Waals surface area contributed by atoms with Gasteiger partial charge in [-0.15, -0.1) is 0 Å². The van der Waals surface area contributed by atoms with Crippen molar-refractivity contribution in [2.75, 3.05) is 16.6 Å². The number of halogens is 1. The van der Waals surface area contributed by atoms with Gasteiger partial charge in [0.05, 0.1) is 4.90 Å². The second-order valence-electron chi connectivity index (χ2n) is 5.95. The van der Waals surface area contributed by atoms with E-state index in [9.17, 15) is 13.2 Å². The number of amides is 1. The van der Waals surface area contributed by atoms with Gasteiger partial charge >= 0.3 is 0 Å². The monoisotopic (exact) mass is 476 g/mol. The van der Waals surface area contributed by atoms with Gasteiger partial charge in [-0.2, -0.15) is 0 Å². The van der Waals surface area contributed by atoms with Gasteiger partial charge in [-0.25, -0.2) is 23.1 Å². The van der Waals surface area contributed by atoms with Crippen LogP contribution >= 0.6 is 15.9 Å². The van der Waals surface area contributed by atoms with Crippen LogP contribution in [0.5, 0.6) is 5.75 Å². The summed E-state index contributed by atoms with van der Waals surface area (Å²) < 4.78 is 33.4. The summed E-state index contributed by atoms with van der Waals surface area (Å²) >= 11 is 3.40. The van der Waals surface area contributed by atoms with Gasteiger partial charge in [-0.3, -0.25) is 4.79 Å². The lowest BCUT2D eigenvalue weighted by atomic mass is 10.2. The van der Waals surface area contributed by atoms with E-state index in [1.165, 1.54) is 36.7 Å². The number of rotatable bonds is 7. The smallest absolute Gasteiger partial charge is 0.264 e.